The molecule has 1 amide bonds. The zero-order valence-corrected chi connectivity index (χ0v) is 32.3. The number of carbonyl (C=O) groups is 2. The first-order valence-electron chi connectivity index (χ1n) is 19.7. The number of nitrogens with zero attached hydrogens (tertiary/aromatic N) is 5. The van der Waals surface area contributed by atoms with Gasteiger partial charge in [-0.15, -0.1) is 0 Å². The SMILES string of the molecule is CC[C@H](C)[C@H](N)C(=O)Oc1cc2c3c(c(F)ccc3c1)CCCOC(=O)N[C@]1(C)C[C@@H](F)CN(C1)c1nc(OC[C@@]34CCCN3C[C@H](F)C4)nc3c(F)c-2ncc13. The first kappa shape index (κ1) is 39.0. The Morgan fingerprint density at radius 1 is 1.14 bits per heavy atom. The number of fused-ring (bicyclic) bond motifs is 7. The fourth-order valence-electron chi connectivity index (χ4n) is 9.10. The number of alkyl carbamates (subject to hydrolysis) is 1. The summed E-state index contributed by atoms with van der Waals surface area (Å²) in [7, 11) is 0. The fraction of sp³-hybridized carbons (Fsp3) is 0.537. The van der Waals surface area contributed by atoms with Crippen molar-refractivity contribution >= 4 is 39.6 Å². The lowest BCUT2D eigenvalue weighted by molar-refractivity contribution is -0.137. The van der Waals surface area contributed by atoms with Crippen molar-refractivity contribution in [2.24, 2.45) is 11.7 Å². The number of nitrogens with one attached hydrogen (secondary N) is 1. The Labute approximate surface area is 327 Å². The van der Waals surface area contributed by atoms with Crippen LogP contribution in [0.2, 0.25) is 0 Å². The third-order valence-corrected chi connectivity index (χ3v) is 12.2. The van der Waals surface area contributed by atoms with Crippen molar-refractivity contribution in [3.8, 4) is 23.0 Å². The Morgan fingerprint density at radius 2 is 1.95 bits per heavy atom. The van der Waals surface area contributed by atoms with Gasteiger partial charge >= 0.3 is 18.1 Å². The first-order valence-corrected chi connectivity index (χ1v) is 19.7. The second-order valence-electron chi connectivity index (χ2n) is 16.4. The molecule has 0 unspecified atom stereocenters. The van der Waals surface area contributed by atoms with Gasteiger partial charge in [0.2, 0.25) is 0 Å². The van der Waals surface area contributed by atoms with Crippen LogP contribution in [-0.4, -0.2) is 101 Å². The number of hydrogen-bond acceptors (Lipinski definition) is 11. The third kappa shape index (κ3) is 7.41. The van der Waals surface area contributed by atoms with Crippen molar-refractivity contribution in [2.75, 3.05) is 44.3 Å². The van der Waals surface area contributed by atoms with Crippen LogP contribution in [0.3, 0.4) is 0 Å². The molecule has 0 saturated carbocycles. The van der Waals surface area contributed by atoms with Gasteiger partial charge in [-0.05, 0) is 79.6 Å². The molecule has 0 spiro atoms. The maximum Gasteiger partial charge on any atom is 0.407 e. The molecule has 16 heteroatoms. The van der Waals surface area contributed by atoms with E-state index in [1.807, 2.05) is 13.8 Å². The lowest BCUT2D eigenvalue weighted by Crippen LogP contribution is -2.60. The standard InChI is InChI=1S/C41H47F4N7O5/c1-4-22(2)33(46)37(53)57-26-13-23-8-9-30(44)27-7-5-12-55-39(54)50-40(3)15-24(42)18-51(20-40)36-29-17-47-34(28(14-26)31(23)27)32(45)35(29)48-38(49-36)56-21-41-10-6-11-52(41)19-25(43)16-41/h8-9,13-14,17,22,24-25,33H,4-7,10-12,15-16,18-21,46H2,1-3H3,(H,50,54)/t22-,24+,25+,33-,40+,41-/m0/s1. The zero-order valence-electron chi connectivity index (χ0n) is 32.3. The molecular formula is C41H47F4N7O5. The number of anilines is 1. The van der Waals surface area contributed by atoms with E-state index in [0.29, 0.717) is 30.2 Å². The highest BCUT2D eigenvalue weighted by atomic mass is 19.1. The van der Waals surface area contributed by atoms with Gasteiger partial charge in [-0.25, -0.2) is 27.2 Å². The maximum atomic E-state index is 17.5. The molecule has 3 fully saturated rings. The van der Waals surface area contributed by atoms with Crippen LogP contribution < -0.4 is 25.4 Å². The molecule has 6 atom stereocenters. The van der Waals surface area contributed by atoms with Gasteiger partial charge in [0.15, 0.2) is 5.82 Å². The molecule has 0 aliphatic carbocycles. The molecule has 6 bridgehead atoms. The summed E-state index contributed by atoms with van der Waals surface area (Å²) in [5.41, 5.74) is 4.39. The number of aryl methyl sites for hydroxylation is 1. The summed E-state index contributed by atoms with van der Waals surface area (Å²) in [5.74, 6) is -2.19. The molecule has 2 aromatic carbocycles. The molecule has 3 N–H and O–H groups in total. The Balaban J connectivity index is 1.32. The highest BCUT2D eigenvalue weighted by molar-refractivity contribution is 6.02. The van der Waals surface area contributed by atoms with Gasteiger partial charge < -0.3 is 30.2 Å². The van der Waals surface area contributed by atoms with Gasteiger partial charge in [-0.3, -0.25) is 9.88 Å². The first-order chi connectivity index (χ1) is 27.3. The molecule has 5 aliphatic heterocycles. The summed E-state index contributed by atoms with van der Waals surface area (Å²) < 4.78 is 81.2. The van der Waals surface area contributed by atoms with Gasteiger partial charge in [0.25, 0.3) is 0 Å². The van der Waals surface area contributed by atoms with Crippen LogP contribution in [-0.2, 0) is 16.0 Å². The number of esters is 1. The number of pyridine rings is 1. The summed E-state index contributed by atoms with van der Waals surface area (Å²) in [4.78, 5) is 43.8. The van der Waals surface area contributed by atoms with E-state index in [2.05, 4.69) is 25.2 Å². The molecule has 0 radical (unpaired) electrons. The van der Waals surface area contributed by atoms with E-state index < -0.39 is 53.2 Å². The lowest BCUT2D eigenvalue weighted by Gasteiger charge is -2.42. The van der Waals surface area contributed by atoms with Crippen molar-refractivity contribution in [3.05, 3.63) is 47.7 Å². The molecule has 4 aromatic rings. The average molecular weight is 794 g/mol. The molecule has 7 heterocycles. The minimum Gasteiger partial charge on any atom is -0.461 e. The normalized spacial score (nSPS) is 26.2. The van der Waals surface area contributed by atoms with Gasteiger partial charge in [-0.1, -0.05) is 26.3 Å². The molecule has 12 nitrogen and oxygen atoms in total. The summed E-state index contributed by atoms with van der Waals surface area (Å²) in [5, 5.41) is 3.68. The van der Waals surface area contributed by atoms with Crippen molar-refractivity contribution in [3.63, 3.8) is 0 Å². The number of benzene rings is 2. The molecule has 5 aliphatic rings. The van der Waals surface area contributed by atoms with E-state index in [4.69, 9.17) is 19.9 Å². The molecule has 57 heavy (non-hydrogen) atoms. The van der Waals surface area contributed by atoms with E-state index in [-0.39, 0.29) is 103 Å². The number of aromatic nitrogens is 3. The largest absolute Gasteiger partial charge is 0.461 e. The van der Waals surface area contributed by atoms with E-state index in [0.717, 1.165) is 13.0 Å². The number of ether oxygens (including phenoxy) is 3. The number of carbonyl (C=O) groups excluding carboxylic acids is 2. The van der Waals surface area contributed by atoms with Crippen molar-refractivity contribution in [2.45, 2.75) is 95.2 Å². The zero-order chi connectivity index (χ0) is 40.2. The van der Waals surface area contributed by atoms with E-state index in [1.54, 1.807) is 17.9 Å². The van der Waals surface area contributed by atoms with Crippen LogP contribution in [0.25, 0.3) is 32.9 Å². The number of alkyl halides is 2. The Hall–Kier alpha value is -4.83. The Morgan fingerprint density at radius 3 is 2.75 bits per heavy atom. The van der Waals surface area contributed by atoms with Gasteiger partial charge in [0.05, 0.1) is 29.6 Å². The highest BCUT2D eigenvalue weighted by Gasteiger charge is 2.49. The predicted molar refractivity (Wildman–Crippen MR) is 205 cm³/mol. The van der Waals surface area contributed by atoms with Crippen molar-refractivity contribution in [1.29, 1.82) is 0 Å². The molecular weight excluding hydrogens is 746 g/mol. The second kappa shape index (κ2) is 15.2. The van der Waals surface area contributed by atoms with Gasteiger partial charge in [0.1, 0.15) is 53.6 Å². The topological polar surface area (TPSA) is 145 Å². The van der Waals surface area contributed by atoms with E-state index in [1.165, 1.54) is 24.4 Å². The molecule has 3 saturated heterocycles. The van der Waals surface area contributed by atoms with Crippen LogP contribution in [0, 0.1) is 17.6 Å². The maximum absolute atomic E-state index is 17.5. The van der Waals surface area contributed by atoms with E-state index >= 15 is 13.2 Å². The Kier molecular flexibility index (Phi) is 10.4. The molecule has 2 aromatic heterocycles. The number of nitrogens with two attached hydrogens (primary N) is 1. The van der Waals surface area contributed by atoms with Gasteiger partial charge in [-0.2, -0.15) is 9.97 Å². The quantitative estimate of drug-likeness (QED) is 0.123. The van der Waals surface area contributed by atoms with Crippen LogP contribution in [0.15, 0.2) is 30.5 Å². The Bertz CT molecular complexity index is 2230. The lowest BCUT2D eigenvalue weighted by atomic mass is 9.90. The summed E-state index contributed by atoms with van der Waals surface area (Å²) >= 11 is 0. The minimum atomic E-state index is -1.42. The highest BCUT2D eigenvalue weighted by Crippen LogP contribution is 2.43. The smallest absolute Gasteiger partial charge is 0.407 e. The number of amides is 1. The second-order valence-corrected chi connectivity index (χ2v) is 16.4. The molecule has 304 valence electrons. The molecule has 9 rings (SSSR count). The van der Waals surface area contributed by atoms with Crippen LogP contribution in [0.4, 0.5) is 28.2 Å². The monoisotopic (exact) mass is 793 g/mol. The van der Waals surface area contributed by atoms with Crippen LogP contribution in [0.5, 0.6) is 11.8 Å². The van der Waals surface area contributed by atoms with Gasteiger partial charge in [0, 0.05) is 37.7 Å². The summed E-state index contributed by atoms with van der Waals surface area (Å²) in [6.07, 6.45) is 0.910. The fourth-order valence-corrected chi connectivity index (χ4v) is 9.10. The van der Waals surface area contributed by atoms with Crippen LogP contribution in [0.1, 0.15) is 64.9 Å². The van der Waals surface area contributed by atoms with Crippen LogP contribution >= 0.6 is 0 Å². The summed E-state index contributed by atoms with van der Waals surface area (Å²) in [6, 6.07) is 4.61. The minimum absolute atomic E-state index is 0.0256. The van der Waals surface area contributed by atoms with E-state index in [9.17, 15) is 14.0 Å². The third-order valence-electron chi connectivity index (χ3n) is 12.2. The summed E-state index contributed by atoms with van der Waals surface area (Å²) in [6.45, 7) is 6.34. The van der Waals surface area contributed by atoms with Crippen molar-refractivity contribution in [1.82, 2.24) is 25.2 Å². The van der Waals surface area contributed by atoms with Crippen molar-refractivity contribution < 1.29 is 41.4 Å². The number of rotatable bonds is 7. The average Bonchev–Trinajstić information content (AvgIpc) is 3.70. The number of piperidine rings is 1. The number of hydrogen-bond donors (Lipinski definition) is 2. The number of halogens is 4. The predicted octanol–water partition coefficient (Wildman–Crippen LogP) is 6.34.